The van der Waals surface area contributed by atoms with Gasteiger partial charge in [0.2, 0.25) is 0 Å². The predicted octanol–water partition coefficient (Wildman–Crippen LogP) is 4.67. The second-order valence-electron chi connectivity index (χ2n) is 2.54. The van der Waals surface area contributed by atoms with Crippen molar-refractivity contribution in [2.24, 2.45) is 0 Å². The molecule has 0 heterocycles. The summed E-state index contributed by atoms with van der Waals surface area (Å²) in [6, 6.07) is 0. The first kappa shape index (κ1) is 13.9. The summed E-state index contributed by atoms with van der Waals surface area (Å²) >= 11 is 0. The van der Waals surface area contributed by atoms with Crippen molar-refractivity contribution in [3.63, 3.8) is 0 Å². The van der Waals surface area contributed by atoms with E-state index in [-0.39, 0.29) is 1.43 Å². The number of halogens is 6. The van der Waals surface area contributed by atoms with Crippen molar-refractivity contribution in [3.8, 4) is 0 Å². The zero-order valence-corrected chi connectivity index (χ0v) is 8.02. The van der Waals surface area contributed by atoms with E-state index in [1.54, 1.807) is 6.08 Å². The molecule has 1 aliphatic carbocycles. The van der Waals surface area contributed by atoms with Gasteiger partial charge in [-0.1, -0.05) is 18.2 Å². The third kappa shape index (κ3) is 19.3. The summed E-state index contributed by atoms with van der Waals surface area (Å²) < 4.78 is 59.2. The molecule has 0 fully saturated rings. The number of hydrogen-bond donors (Lipinski definition) is 0. The molecule has 0 bridgehead atoms. The maximum Gasteiger partial charge on any atom is 1.00 e. The first-order valence-electron chi connectivity index (χ1n) is 3.49. The predicted molar refractivity (Wildman–Crippen MR) is 46.2 cm³/mol. The van der Waals surface area contributed by atoms with Gasteiger partial charge in [0, 0.05) is 6.08 Å². The molecule has 1 aliphatic rings. The molecule has 0 unspecified atom stereocenters. The minimum atomic E-state index is -10.7. The van der Waals surface area contributed by atoms with E-state index in [4.69, 9.17) is 5.53 Å². The largest absolute Gasteiger partial charge is 1.00 e. The maximum absolute atomic E-state index is 10.7. The van der Waals surface area contributed by atoms with Crippen LogP contribution in [0, 0.1) is 0 Å². The average Bonchev–Trinajstić information content (AvgIpc) is 2.00. The van der Waals surface area contributed by atoms with Crippen LogP contribution in [0.2, 0.25) is 0 Å². The van der Waals surface area contributed by atoms with Crippen LogP contribution < -0.4 is 0 Å². The fourth-order valence-corrected chi connectivity index (χ4v) is 0.576. The molecule has 15 heavy (non-hydrogen) atoms. The summed E-state index contributed by atoms with van der Waals surface area (Å²) in [6.45, 7) is 0. The van der Waals surface area contributed by atoms with Crippen LogP contribution in [0.25, 0.3) is 5.53 Å². The molecule has 1 rings (SSSR count). The summed E-state index contributed by atoms with van der Waals surface area (Å²) in [6.07, 6.45) is 8.23. The molecule has 88 valence electrons. The van der Waals surface area contributed by atoms with E-state index in [2.05, 4.69) is 4.79 Å². The second-order valence-corrected chi connectivity index (χ2v) is 4.46. The Bertz CT molecular complexity index is 338. The number of hydrogen-bond acceptors (Lipinski definition) is 0. The first-order chi connectivity index (χ1) is 6.38. The normalized spacial score (nSPS) is 19.5. The molecule has 0 aromatic heterocycles. The molecule has 2 nitrogen and oxygen atoms in total. The summed E-state index contributed by atoms with van der Waals surface area (Å²) in [5.74, 6) is 0. The fourth-order valence-electron chi connectivity index (χ4n) is 0.576. The van der Waals surface area contributed by atoms with Crippen molar-refractivity contribution in [2.75, 3.05) is 0 Å². The van der Waals surface area contributed by atoms with Crippen molar-refractivity contribution >= 4 is 13.5 Å². The smallest absolute Gasteiger partial charge is 0.361 e. The van der Waals surface area contributed by atoms with Crippen molar-refractivity contribution in [3.05, 3.63) is 29.8 Å². The van der Waals surface area contributed by atoms with Gasteiger partial charge in [0.15, 0.2) is 0 Å². The van der Waals surface area contributed by atoms with Gasteiger partial charge in [-0.15, -0.1) is 0 Å². The number of allylic oxidation sites excluding steroid dienone is 4. The summed E-state index contributed by atoms with van der Waals surface area (Å²) in [5.41, 5.74) is 8.91. The molecule has 0 aliphatic heterocycles. The van der Waals surface area contributed by atoms with Gasteiger partial charge < -0.3 is 5.53 Å². The van der Waals surface area contributed by atoms with Gasteiger partial charge >= 0.3 is 34.4 Å². The topological polar surface area (TPSA) is 36.4 Å². The molecular formula is C6H7F6N2P. The minimum absolute atomic E-state index is 0. The molecular weight excluding hydrogens is 245 g/mol. The number of nitrogens with zero attached hydrogens (tertiary/aromatic N) is 2. The van der Waals surface area contributed by atoms with E-state index >= 15 is 0 Å². The summed E-state index contributed by atoms with van der Waals surface area (Å²) in [7, 11) is -10.7. The second kappa shape index (κ2) is 3.47. The van der Waals surface area contributed by atoms with Gasteiger partial charge in [-0.3, -0.25) is 0 Å². The van der Waals surface area contributed by atoms with E-state index in [1.807, 2.05) is 18.2 Å². The Kier molecular flexibility index (Phi) is 3.21. The van der Waals surface area contributed by atoms with E-state index in [0.29, 0.717) is 5.71 Å². The van der Waals surface area contributed by atoms with Gasteiger partial charge in [0.05, 0.1) is 6.42 Å². The van der Waals surface area contributed by atoms with E-state index in [9.17, 15) is 25.2 Å². The third-order valence-corrected chi connectivity index (χ3v) is 0.991. The van der Waals surface area contributed by atoms with E-state index < -0.39 is 7.81 Å². The zero-order chi connectivity index (χ0) is 12.2. The van der Waals surface area contributed by atoms with E-state index in [1.165, 1.54) is 0 Å². The Hall–Kier alpha value is -1.13. The Labute approximate surface area is 82.2 Å². The monoisotopic (exact) mass is 252 g/mol. The molecule has 0 amide bonds. The third-order valence-electron chi connectivity index (χ3n) is 0.991. The SMILES string of the molecule is F[P-](F)(F)(F)(F)F.[H+].[N-]=[N+]=C1C=CC=CC1. The first-order valence-corrected chi connectivity index (χ1v) is 5.52. The van der Waals surface area contributed by atoms with Crippen LogP contribution in [0.5, 0.6) is 0 Å². The Morgan fingerprint density at radius 1 is 1.13 bits per heavy atom. The van der Waals surface area contributed by atoms with Crippen molar-refractivity contribution < 1.29 is 31.4 Å². The van der Waals surface area contributed by atoms with Gasteiger partial charge in [0.25, 0.3) is 5.71 Å². The van der Waals surface area contributed by atoms with Crippen LogP contribution in [0.1, 0.15) is 7.85 Å². The molecule has 0 saturated heterocycles. The van der Waals surface area contributed by atoms with Gasteiger partial charge in [-0.05, 0) is 0 Å². The van der Waals surface area contributed by atoms with Crippen LogP contribution in [-0.4, -0.2) is 10.5 Å². The molecule has 9 heteroatoms. The average molecular weight is 252 g/mol. The zero-order valence-electron chi connectivity index (χ0n) is 8.13. The molecule has 0 radical (unpaired) electrons. The van der Waals surface area contributed by atoms with Crippen LogP contribution in [0.3, 0.4) is 0 Å². The molecule has 0 saturated carbocycles. The molecule has 0 atom stereocenters. The van der Waals surface area contributed by atoms with Crippen molar-refractivity contribution in [1.82, 2.24) is 0 Å². The van der Waals surface area contributed by atoms with Crippen molar-refractivity contribution in [1.29, 1.82) is 0 Å². The van der Waals surface area contributed by atoms with Crippen LogP contribution in [0.15, 0.2) is 24.3 Å². The maximum atomic E-state index is 9.87. The fraction of sp³-hybridized carbons (Fsp3) is 0.167. The molecule has 0 aromatic carbocycles. The number of rotatable bonds is 0. The van der Waals surface area contributed by atoms with Crippen LogP contribution in [-0.2, 0) is 0 Å². The Morgan fingerprint density at radius 2 is 1.60 bits per heavy atom. The molecule has 0 spiro atoms. The van der Waals surface area contributed by atoms with Crippen molar-refractivity contribution in [2.45, 2.75) is 6.42 Å². The van der Waals surface area contributed by atoms with E-state index in [0.717, 1.165) is 6.42 Å². The van der Waals surface area contributed by atoms with Gasteiger partial charge in [0.1, 0.15) is 0 Å². The van der Waals surface area contributed by atoms with Gasteiger partial charge in [-0.2, -0.15) is 4.79 Å². The quantitative estimate of drug-likeness (QED) is 0.260. The van der Waals surface area contributed by atoms with Gasteiger partial charge in [-0.25, -0.2) is 0 Å². The Balaban J connectivity index is 0. The summed E-state index contributed by atoms with van der Waals surface area (Å²) in [5, 5.41) is 0. The molecule has 0 N–H and O–H groups in total. The molecule has 0 aromatic rings. The van der Waals surface area contributed by atoms with Crippen LogP contribution in [0.4, 0.5) is 25.2 Å². The minimum Gasteiger partial charge on any atom is -0.361 e. The standard InChI is InChI=1S/C6H6N2.F6P/c7-8-6-4-2-1-3-5-6;1-7(2,3,4,5)6/h1-4H,5H2;/q;-1/p+1. The van der Waals surface area contributed by atoms with Crippen LogP contribution >= 0.6 is 7.81 Å². The summed E-state index contributed by atoms with van der Waals surface area (Å²) in [4.78, 5) is 3.03. The Morgan fingerprint density at radius 3 is 1.80 bits per heavy atom.